The van der Waals surface area contributed by atoms with E-state index in [1.165, 1.54) is 6.07 Å². The molecule has 1 fully saturated rings. The minimum atomic E-state index is -4.39. The summed E-state index contributed by atoms with van der Waals surface area (Å²) in [7, 11) is 0. The number of halogens is 3. The van der Waals surface area contributed by atoms with Crippen LogP contribution in [-0.2, 0) is 11.7 Å². The van der Waals surface area contributed by atoms with E-state index in [4.69, 9.17) is 0 Å². The Morgan fingerprint density at radius 3 is 2.35 bits per heavy atom. The molecule has 1 unspecified atom stereocenters. The van der Waals surface area contributed by atoms with E-state index in [1.807, 2.05) is 4.90 Å². The second kappa shape index (κ2) is 5.43. The van der Waals surface area contributed by atoms with Gasteiger partial charge < -0.3 is 5.32 Å². The van der Waals surface area contributed by atoms with Gasteiger partial charge in [0.2, 0.25) is 0 Å². The Balaban J connectivity index is 2.38. The zero-order valence-corrected chi connectivity index (χ0v) is 11.2. The van der Waals surface area contributed by atoms with Gasteiger partial charge in [-0.05, 0) is 24.6 Å². The van der Waals surface area contributed by atoms with Gasteiger partial charge >= 0.3 is 6.18 Å². The van der Waals surface area contributed by atoms with Crippen molar-refractivity contribution < 1.29 is 13.2 Å². The average molecular weight is 283 g/mol. The molecular formula is C14H16F3N3. The van der Waals surface area contributed by atoms with E-state index in [0.717, 1.165) is 25.2 Å². The summed E-state index contributed by atoms with van der Waals surface area (Å²) in [6.45, 7) is 4.42. The maximum atomic E-state index is 12.8. The highest BCUT2D eigenvalue weighted by Crippen LogP contribution is 2.34. The minimum absolute atomic E-state index is 0.386. The molecule has 1 N–H and O–H groups in total. The first-order valence-corrected chi connectivity index (χ1v) is 6.43. The number of nitrogens with one attached hydrogen (secondary N) is 1. The molecule has 1 aliphatic rings. The van der Waals surface area contributed by atoms with Crippen LogP contribution in [0.4, 0.5) is 13.2 Å². The van der Waals surface area contributed by atoms with Crippen molar-refractivity contribution in [2.45, 2.75) is 18.6 Å². The van der Waals surface area contributed by atoms with Crippen molar-refractivity contribution in [2.75, 3.05) is 26.2 Å². The summed E-state index contributed by atoms with van der Waals surface area (Å²) in [5.74, 6) is 0. The van der Waals surface area contributed by atoms with Crippen molar-refractivity contribution in [2.24, 2.45) is 0 Å². The van der Waals surface area contributed by atoms with Crippen LogP contribution < -0.4 is 5.32 Å². The van der Waals surface area contributed by atoms with Crippen molar-refractivity contribution in [1.29, 1.82) is 5.26 Å². The van der Waals surface area contributed by atoms with Crippen LogP contribution in [0.2, 0.25) is 0 Å². The predicted octanol–water partition coefficient (Wildman–Crippen LogP) is 2.35. The van der Waals surface area contributed by atoms with E-state index in [1.54, 1.807) is 13.0 Å². The van der Waals surface area contributed by atoms with Gasteiger partial charge in [-0.15, -0.1) is 0 Å². The summed E-state index contributed by atoms with van der Waals surface area (Å²) in [6.07, 6.45) is -4.39. The van der Waals surface area contributed by atoms with Gasteiger partial charge in [-0.3, -0.25) is 4.90 Å². The molecule has 3 nitrogen and oxygen atoms in total. The van der Waals surface area contributed by atoms with E-state index >= 15 is 0 Å². The second-order valence-corrected chi connectivity index (χ2v) is 5.00. The highest BCUT2D eigenvalue weighted by Gasteiger charge is 2.37. The Morgan fingerprint density at radius 1 is 1.20 bits per heavy atom. The molecule has 0 aromatic heterocycles. The number of hydrogen-bond donors (Lipinski definition) is 1. The Hall–Kier alpha value is -1.58. The summed E-state index contributed by atoms with van der Waals surface area (Å²) in [4.78, 5) is 1.92. The summed E-state index contributed by atoms with van der Waals surface area (Å²) in [5, 5.41) is 12.7. The van der Waals surface area contributed by atoms with Crippen LogP contribution in [0.3, 0.4) is 0 Å². The summed E-state index contributed by atoms with van der Waals surface area (Å²) in [5.41, 5.74) is -1.37. The zero-order chi connectivity index (χ0) is 14.8. The SMILES string of the molecule is CC(C#N)(c1cccc(C(F)(F)F)c1)N1CCNCC1. The highest BCUT2D eigenvalue weighted by molar-refractivity contribution is 5.35. The number of hydrogen-bond acceptors (Lipinski definition) is 3. The quantitative estimate of drug-likeness (QED) is 0.905. The molecule has 1 aromatic rings. The monoisotopic (exact) mass is 283 g/mol. The van der Waals surface area contributed by atoms with Crippen LogP contribution in [0.15, 0.2) is 24.3 Å². The van der Waals surface area contributed by atoms with Gasteiger partial charge in [-0.2, -0.15) is 18.4 Å². The molecule has 0 amide bonds. The molecule has 0 saturated carbocycles. The Kier molecular flexibility index (Phi) is 4.02. The number of alkyl halides is 3. The summed E-state index contributed by atoms with van der Waals surface area (Å²) in [6, 6.07) is 7.22. The first kappa shape index (κ1) is 14.8. The molecule has 6 heteroatoms. The van der Waals surface area contributed by atoms with E-state index in [2.05, 4.69) is 11.4 Å². The molecule has 1 aliphatic heterocycles. The molecule has 20 heavy (non-hydrogen) atoms. The van der Waals surface area contributed by atoms with Crippen LogP contribution in [-0.4, -0.2) is 31.1 Å². The maximum Gasteiger partial charge on any atom is 0.416 e. The molecular weight excluding hydrogens is 267 g/mol. The molecule has 0 bridgehead atoms. The third-order valence-electron chi connectivity index (χ3n) is 3.72. The molecule has 2 rings (SSSR count). The minimum Gasteiger partial charge on any atom is -0.314 e. The van der Waals surface area contributed by atoms with Gasteiger partial charge in [0.25, 0.3) is 0 Å². The lowest BCUT2D eigenvalue weighted by Gasteiger charge is -2.39. The van der Waals surface area contributed by atoms with E-state index < -0.39 is 17.3 Å². The number of benzene rings is 1. The van der Waals surface area contributed by atoms with E-state index in [9.17, 15) is 18.4 Å². The fourth-order valence-electron chi connectivity index (χ4n) is 2.43. The third kappa shape index (κ3) is 2.79. The molecule has 1 heterocycles. The number of piperazine rings is 1. The van der Waals surface area contributed by atoms with Gasteiger partial charge in [-0.1, -0.05) is 12.1 Å². The summed E-state index contributed by atoms with van der Waals surface area (Å²) < 4.78 is 38.4. The van der Waals surface area contributed by atoms with Crippen LogP contribution >= 0.6 is 0 Å². The van der Waals surface area contributed by atoms with Gasteiger partial charge in [0.05, 0.1) is 11.6 Å². The fourth-order valence-corrected chi connectivity index (χ4v) is 2.43. The first-order valence-electron chi connectivity index (χ1n) is 6.43. The molecule has 0 radical (unpaired) electrons. The van der Waals surface area contributed by atoms with Gasteiger partial charge in [-0.25, -0.2) is 0 Å². The predicted molar refractivity (Wildman–Crippen MR) is 68.9 cm³/mol. The van der Waals surface area contributed by atoms with Gasteiger partial charge in [0.1, 0.15) is 5.54 Å². The molecule has 1 aromatic carbocycles. The zero-order valence-electron chi connectivity index (χ0n) is 11.2. The first-order chi connectivity index (χ1) is 9.38. The fraction of sp³-hybridized carbons (Fsp3) is 0.500. The normalized spacial score (nSPS) is 20.1. The Morgan fingerprint density at radius 2 is 1.80 bits per heavy atom. The van der Waals surface area contributed by atoms with Crippen molar-refractivity contribution in [3.8, 4) is 6.07 Å². The Labute approximate surface area is 116 Å². The lowest BCUT2D eigenvalue weighted by Crippen LogP contribution is -2.52. The highest BCUT2D eigenvalue weighted by atomic mass is 19.4. The molecule has 0 aliphatic carbocycles. The van der Waals surface area contributed by atoms with Crippen LogP contribution in [0, 0.1) is 11.3 Å². The lowest BCUT2D eigenvalue weighted by atomic mass is 9.89. The molecule has 1 saturated heterocycles. The lowest BCUT2D eigenvalue weighted by molar-refractivity contribution is -0.137. The standard InChI is InChI=1S/C14H16F3N3/c1-13(10-18,20-7-5-19-6-8-20)11-3-2-4-12(9-11)14(15,16)17/h2-4,9,19H,5-8H2,1H3. The third-order valence-corrected chi connectivity index (χ3v) is 3.72. The van der Waals surface area contributed by atoms with Crippen molar-refractivity contribution in [3.63, 3.8) is 0 Å². The Bertz CT molecular complexity index is 515. The van der Waals surface area contributed by atoms with Gasteiger partial charge in [0, 0.05) is 26.2 Å². The smallest absolute Gasteiger partial charge is 0.314 e. The van der Waals surface area contributed by atoms with Crippen LogP contribution in [0.25, 0.3) is 0 Å². The topological polar surface area (TPSA) is 39.1 Å². The van der Waals surface area contributed by atoms with E-state index in [0.29, 0.717) is 18.7 Å². The summed E-state index contributed by atoms with van der Waals surface area (Å²) >= 11 is 0. The second-order valence-electron chi connectivity index (χ2n) is 5.00. The molecule has 108 valence electrons. The van der Waals surface area contributed by atoms with Crippen molar-refractivity contribution in [3.05, 3.63) is 35.4 Å². The average Bonchev–Trinajstić information content (AvgIpc) is 2.46. The van der Waals surface area contributed by atoms with Crippen molar-refractivity contribution >= 4 is 0 Å². The maximum absolute atomic E-state index is 12.8. The number of nitrogens with zero attached hydrogens (tertiary/aromatic N) is 2. The van der Waals surface area contributed by atoms with Gasteiger partial charge in [0.15, 0.2) is 0 Å². The van der Waals surface area contributed by atoms with Crippen LogP contribution in [0.1, 0.15) is 18.1 Å². The molecule has 0 spiro atoms. The largest absolute Gasteiger partial charge is 0.416 e. The molecule has 1 atom stereocenters. The number of rotatable bonds is 2. The number of nitriles is 1. The van der Waals surface area contributed by atoms with Crippen molar-refractivity contribution in [1.82, 2.24) is 10.2 Å². The van der Waals surface area contributed by atoms with Crippen LogP contribution in [0.5, 0.6) is 0 Å². The van der Waals surface area contributed by atoms with E-state index in [-0.39, 0.29) is 0 Å².